The normalized spacial score (nSPS) is 11.6. The van der Waals surface area contributed by atoms with E-state index in [-0.39, 0.29) is 0 Å². The lowest BCUT2D eigenvalue weighted by Crippen LogP contribution is -1.98. The molecule has 0 aliphatic carbocycles. The summed E-state index contributed by atoms with van der Waals surface area (Å²) in [5.41, 5.74) is 12.7. The van der Waals surface area contributed by atoms with Crippen molar-refractivity contribution >= 4 is 43.6 Å². The number of aryl methyl sites for hydroxylation is 4. The van der Waals surface area contributed by atoms with Gasteiger partial charge in [0.25, 0.3) is 0 Å². The molecule has 0 saturated carbocycles. The number of hydrogen-bond donors (Lipinski definition) is 0. The van der Waals surface area contributed by atoms with E-state index in [2.05, 4.69) is 108 Å². The Balaban J connectivity index is 0.856. The monoisotopic (exact) mass is 936 g/mol. The van der Waals surface area contributed by atoms with E-state index in [4.69, 9.17) is 39.4 Å². The fourth-order valence-electron chi connectivity index (χ4n) is 9.75. The summed E-state index contributed by atoms with van der Waals surface area (Å²) in [6.45, 7) is 4.16. The van der Waals surface area contributed by atoms with Gasteiger partial charge in [-0.3, -0.25) is 19.1 Å². The highest BCUT2D eigenvalue weighted by atomic mass is 16.5. The minimum atomic E-state index is 0.633. The molecule has 0 aliphatic heterocycles. The second-order valence-electron chi connectivity index (χ2n) is 18.2. The van der Waals surface area contributed by atoms with Crippen LogP contribution in [0.25, 0.3) is 100 Å². The number of fused-ring (bicyclic) bond motifs is 6. The Bertz CT molecular complexity index is 3970. The zero-order chi connectivity index (χ0) is 48.5. The fraction of sp³-hybridized carbons (Fsp3) is 0.0667. The van der Waals surface area contributed by atoms with Gasteiger partial charge >= 0.3 is 0 Å². The quantitative estimate of drug-likeness (QED) is 0.133. The van der Waals surface area contributed by atoms with Gasteiger partial charge in [0, 0.05) is 94.8 Å². The summed E-state index contributed by atoms with van der Waals surface area (Å²) in [6, 6.07) is 49.6. The highest BCUT2D eigenvalue weighted by Crippen LogP contribution is 2.42. The minimum Gasteiger partial charge on any atom is -0.457 e. The van der Waals surface area contributed by atoms with Crippen molar-refractivity contribution in [3.05, 3.63) is 207 Å². The predicted molar refractivity (Wildman–Crippen MR) is 284 cm³/mol. The first-order valence-electron chi connectivity index (χ1n) is 23.6. The summed E-state index contributed by atoms with van der Waals surface area (Å²) in [6.07, 6.45) is 14.9. The van der Waals surface area contributed by atoms with E-state index in [1.54, 1.807) is 25.0 Å². The molecule has 0 aliphatic rings. The maximum Gasteiger partial charge on any atom is 0.137 e. The number of aromatic nitrogens is 10. The van der Waals surface area contributed by atoms with Gasteiger partial charge in [-0.05, 0) is 110 Å². The van der Waals surface area contributed by atoms with E-state index < -0.39 is 0 Å². The first kappa shape index (κ1) is 42.4. The summed E-state index contributed by atoms with van der Waals surface area (Å²) < 4.78 is 22.0. The van der Waals surface area contributed by atoms with Gasteiger partial charge in [-0.15, -0.1) is 0 Å². The molecule has 0 radical (unpaired) electrons. The van der Waals surface area contributed by atoms with Crippen molar-refractivity contribution in [2.24, 2.45) is 14.1 Å². The molecular formula is C60H44N10O2. The van der Waals surface area contributed by atoms with Gasteiger partial charge in [0.1, 0.15) is 34.6 Å². The van der Waals surface area contributed by atoms with Crippen LogP contribution in [0.2, 0.25) is 0 Å². The van der Waals surface area contributed by atoms with Gasteiger partial charge in [0.2, 0.25) is 0 Å². The van der Waals surface area contributed by atoms with Crippen molar-refractivity contribution < 1.29 is 9.47 Å². The number of rotatable bonds is 10. The molecule has 7 aromatic heterocycles. The molecular weight excluding hydrogens is 893 g/mol. The molecule has 0 spiro atoms. The standard InChI is InChI=1S/C60H44N10O2/c1-37-21-23-61-59(25-37)69-53-11-7-5-9-43(53)45-19-15-41(29-55(45)69)71-57-27-39(13-17-47(57)51-33-67(3)35-65-51)49-31-64-50(32-63-49)40-14-18-48(52-34-68(4)36-66-52)58(28-40)72-42-16-20-46-44-10-6-8-12-54(44)70(56(46)30-42)60-26-38(2)22-24-62-60/h5-36H,1-4H3. The van der Waals surface area contributed by atoms with E-state index in [1.807, 2.05) is 109 Å². The average molecular weight is 937 g/mol. The second-order valence-corrected chi connectivity index (χ2v) is 18.2. The Morgan fingerprint density at radius 3 is 1.25 bits per heavy atom. The largest absolute Gasteiger partial charge is 0.457 e. The Morgan fingerprint density at radius 2 is 0.833 bits per heavy atom. The van der Waals surface area contributed by atoms with Gasteiger partial charge in [-0.25, -0.2) is 19.9 Å². The van der Waals surface area contributed by atoms with Crippen LogP contribution in [-0.2, 0) is 14.1 Å². The lowest BCUT2D eigenvalue weighted by molar-refractivity contribution is 0.485. The number of para-hydroxylation sites is 2. The number of ether oxygens (including phenoxy) is 2. The van der Waals surface area contributed by atoms with Crippen LogP contribution < -0.4 is 9.47 Å². The van der Waals surface area contributed by atoms with E-state index in [0.717, 1.165) is 100 Å². The topological polar surface area (TPSA) is 116 Å². The van der Waals surface area contributed by atoms with Crippen molar-refractivity contribution in [2.45, 2.75) is 13.8 Å². The lowest BCUT2D eigenvalue weighted by atomic mass is 10.0. The van der Waals surface area contributed by atoms with Crippen LogP contribution in [0.4, 0.5) is 0 Å². The summed E-state index contributed by atoms with van der Waals surface area (Å²) in [7, 11) is 3.92. The molecule has 13 aromatic rings. The summed E-state index contributed by atoms with van der Waals surface area (Å²) in [5.74, 6) is 4.31. The molecule has 346 valence electrons. The highest BCUT2D eigenvalue weighted by Gasteiger charge is 2.20. The third-order valence-electron chi connectivity index (χ3n) is 13.2. The van der Waals surface area contributed by atoms with Crippen LogP contribution in [0, 0.1) is 13.8 Å². The molecule has 12 nitrogen and oxygen atoms in total. The Kier molecular flexibility index (Phi) is 10.1. The van der Waals surface area contributed by atoms with Crippen LogP contribution in [-0.4, -0.2) is 48.2 Å². The van der Waals surface area contributed by atoms with Gasteiger partial charge in [0.05, 0.1) is 69.9 Å². The Labute approximate surface area is 413 Å². The Morgan fingerprint density at radius 1 is 0.389 bits per heavy atom. The van der Waals surface area contributed by atoms with Crippen molar-refractivity contribution in [3.8, 4) is 79.7 Å². The lowest BCUT2D eigenvalue weighted by Gasteiger charge is -2.14. The first-order chi connectivity index (χ1) is 35.3. The maximum absolute atomic E-state index is 6.87. The third-order valence-corrected chi connectivity index (χ3v) is 13.2. The summed E-state index contributed by atoms with van der Waals surface area (Å²) in [4.78, 5) is 28.9. The predicted octanol–water partition coefficient (Wildman–Crippen LogP) is 13.8. The van der Waals surface area contributed by atoms with E-state index in [1.165, 1.54) is 0 Å². The maximum atomic E-state index is 6.87. The third kappa shape index (κ3) is 7.49. The number of imidazole rings is 2. The van der Waals surface area contributed by atoms with Crippen molar-refractivity contribution in [1.82, 2.24) is 48.2 Å². The molecule has 12 heteroatoms. The van der Waals surface area contributed by atoms with Crippen LogP contribution in [0.15, 0.2) is 195 Å². The summed E-state index contributed by atoms with van der Waals surface area (Å²) >= 11 is 0. The smallest absolute Gasteiger partial charge is 0.137 e. The van der Waals surface area contributed by atoms with E-state index in [9.17, 15) is 0 Å². The summed E-state index contributed by atoms with van der Waals surface area (Å²) in [5, 5.41) is 4.50. The Hall–Kier alpha value is -9.68. The van der Waals surface area contributed by atoms with Crippen LogP contribution in [0.1, 0.15) is 11.1 Å². The first-order valence-corrected chi connectivity index (χ1v) is 23.6. The molecule has 0 bridgehead atoms. The molecule has 0 fully saturated rings. The minimum absolute atomic E-state index is 0.633. The molecule has 0 N–H and O–H groups in total. The zero-order valence-corrected chi connectivity index (χ0v) is 39.8. The molecule has 7 heterocycles. The highest BCUT2D eigenvalue weighted by molar-refractivity contribution is 6.10. The second kappa shape index (κ2) is 17.1. The molecule has 0 atom stereocenters. The van der Waals surface area contributed by atoms with Crippen molar-refractivity contribution in [3.63, 3.8) is 0 Å². The van der Waals surface area contributed by atoms with Crippen LogP contribution in [0.5, 0.6) is 23.0 Å². The molecule has 72 heavy (non-hydrogen) atoms. The van der Waals surface area contributed by atoms with Gasteiger partial charge in [-0.1, -0.05) is 48.5 Å². The number of benzene rings is 6. The molecule has 6 aromatic carbocycles. The molecule has 0 saturated heterocycles. The van der Waals surface area contributed by atoms with Crippen LogP contribution in [0.3, 0.4) is 0 Å². The number of pyridine rings is 2. The van der Waals surface area contributed by atoms with Gasteiger partial charge in [0.15, 0.2) is 0 Å². The van der Waals surface area contributed by atoms with Crippen molar-refractivity contribution in [2.75, 3.05) is 0 Å². The number of hydrogen-bond acceptors (Lipinski definition) is 8. The van der Waals surface area contributed by atoms with Gasteiger partial charge in [-0.2, -0.15) is 0 Å². The molecule has 0 unspecified atom stereocenters. The molecule has 0 amide bonds. The van der Waals surface area contributed by atoms with Crippen molar-refractivity contribution in [1.29, 1.82) is 0 Å². The number of nitrogens with zero attached hydrogens (tertiary/aromatic N) is 10. The zero-order valence-electron chi connectivity index (χ0n) is 39.8. The SMILES string of the molecule is Cc1ccnc(-n2c3ccccc3c3ccc(Oc4cc(-c5cnc(-c6ccc(-c7cn(C)cn7)c(Oc7ccc8c9ccccc9n(-c9cc(C)ccn9)c8c7)c6)cn5)ccc4-c4cn(C)cn4)cc32)c1. The average Bonchev–Trinajstić information content (AvgIpc) is 4.19. The fourth-order valence-corrected chi connectivity index (χ4v) is 9.75. The van der Waals surface area contributed by atoms with Crippen LogP contribution >= 0.6 is 0 Å². The molecule has 13 rings (SSSR count). The van der Waals surface area contributed by atoms with E-state index >= 15 is 0 Å². The van der Waals surface area contributed by atoms with E-state index in [0.29, 0.717) is 34.4 Å². The van der Waals surface area contributed by atoms with Gasteiger partial charge < -0.3 is 18.6 Å².